The Bertz CT molecular complexity index is 885. The average molecular weight is 453 g/mol. The van der Waals surface area contributed by atoms with E-state index in [9.17, 15) is 9.18 Å². The third-order valence-electron chi connectivity index (χ3n) is 7.09. The Hall–Kier alpha value is -2.28. The van der Waals surface area contributed by atoms with Gasteiger partial charge in [0.1, 0.15) is 5.82 Å². The number of rotatable bonds is 9. The summed E-state index contributed by atoms with van der Waals surface area (Å²) in [6, 6.07) is 17.8. The predicted molar refractivity (Wildman–Crippen MR) is 130 cm³/mol. The fraction of sp³-hybridized carbons (Fsp3) is 0.519. The summed E-state index contributed by atoms with van der Waals surface area (Å²) in [5, 5.41) is 6.93. The number of hydrogen-bond donors (Lipinski definition) is 2. The molecule has 2 saturated heterocycles. The van der Waals surface area contributed by atoms with Crippen molar-refractivity contribution >= 4 is 5.91 Å². The summed E-state index contributed by atoms with van der Waals surface area (Å²) in [6.45, 7) is 7.72. The van der Waals surface area contributed by atoms with Crippen LogP contribution in [0.2, 0.25) is 0 Å². The van der Waals surface area contributed by atoms with Crippen molar-refractivity contribution < 1.29 is 9.18 Å². The molecule has 2 aromatic carbocycles. The second-order valence-corrected chi connectivity index (χ2v) is 9.37. The van der Waals surface area contributed by atoms with Gasteiger partial charge in [0.25, 0.3) is 0 Å². The van der Waals surface area contributed by atoms with E-state index in [0.29, 0.717) is 30.6 Å². The van der Waals surface area contributed by atoms with E-state index in [1.165, 1.54) is 24.5 Å². The first kappa shape index (κ1) is 23.9. The van der Waals surface area contributed by atoms with Gasteiger partial charge in [0.15, 0.2) is 0 Å². The number of halogens is 1. The van der Waals surface area contributed by atoms with Crippen LogP contribution in [0.25, 0.3) is 0 Å². The van der Waals surface area contributed by atoms with Gasteiger partial charge in [-0.1, -0.05) is 55.5 Å². The molecule has 2 aliphatic heterocycles. The standard InChI is InChI=1S/C27H37FN4O/c1-2-31-16-13-23(14-17-31)30-24-18-26(32(20-24)19-21-8-4-3-5-9-21)27(33)29-15-12-22-10-6-7-11-25(22)28/h3-11,23-24,26,30H,2,12-20H2,1H3,(H,29,33)/t24-,26-/m0/s1. The van der Waals surface area contributed by atoms with Gasteiger partial charge in [0, 0.05) is 31.7 Å². The van der Waals surface area contributed by atoms with Gasteiger partial charge < -0.3 is 15.5 Å². The highest BCUT2D eigenvalue weighted by Crippen LogP contribution is 2.23. The summed E-state index contributed by atoms with van der Waals surface area (Å²) < 4.78 is 13.9. The molecule has 0 aromatic heterocycles. The van der Waals surface area contributed by atoms with Gasteiger partial charge in [0.05, 0.1) is 6.04 Å². The number of benzene rings is 2. The third-order valence-corrected chi connectivity index (χ3v) is 7.09. The Morgan fingerprint density at radius 1 is 1.03 bits per heavy atom. The molecule has 0 radical (unpaired) electrons. The maximum atomic E-state index is 13.9. The molecule has 2 N–H and O–H groups in total. The molecule has 6 heteroatoms. The molecule has 1 amide bonds. The lowest BCUT2D eigenvalue weighted by Gasteiger charge is -2.33. The largest absolute Gasteiger partial charge is 0.354 e. The zero-order valence-electron chi connectivity index (χ0n) is 19.7. The van der Waals surface area contributed by atoms with Crippen LogP contribution in [0.3, 0.4) is 0 Å². The van der Waals surface area contributed by atoms with Crippen LogP contribution in [0.5, 0.6) is 0 Å². The van der Waals surface area contributed by atoms with Crippen LogP contribution in [-0.4, -0.2) is 66.6 Å². The fourth-order valence-electron chi connectivity index (χ4n) is 5.18. The lowest BCUT2D eigenvalue weighted by molar-refractivity contribution is -0.125. The lowest BCUT2D eigenvalue weighted by atomic mass is 10.0. The molecule has 2 aliphatic rings. The second kappa shape index (κ2) is 11.7. The molecule has 0 aliphatic carbocycles. The van der Waals surface area contributed by atoms with Gasteiger partial charge in [-0.05, 0) is 62.5 Å². The summed E-state index contributed by atoms with van der Waals surface area (Å²) in [4.78, 5) is 18.0. The fourth-order valence-corrected chi connectivity index (χ4v) is 5.18. The highest BCUT2D eigenvalue weighted by molar-refractivity contribution is 5.82. The zero-order chi connectivity index (χ0) is 23.0. The van der Waals surface area contributed by atoms with Crippen molar-refractivity contribution in [3.05, 3.63) is 71.5 Å². The molecule has 33 heavy (non-hydrogen) atoms. The lowest BCUT2D eigenvalue weighted by Crippen LogP contribution is -2.46. The van der Waals surface area contributed by atoms with Gasteiger partial charge in [-0.3, -0.25) is 9.69 Å². The van der Waals surface area contributed by atoms with Crippen molar-refractivity contribution in [2.24, 2.45) is 0 Å². The van der Waals surface area contributed by atoms with Crippen LogP contribution >= 0.6 is 0 Å². The number of likely N-dealkylation sites (tertiary alicyclic amines) is 2. The molecule has 4 rings (SSSR count). The molecular weight excluding hydrogens is 415 g/mol. The summed E-state index contributed by atoms with van der Waals surface area (Å²) >= 11 is 0. The van der Waals surface area contributed by atoms with Crippen molar-refractivity contribution in [1.29, 1.82) is 0 Å². The van der Waals surface area contributed by atoms with Crippen molar-refractivity contribution in [1.82, 2.24) is 20.4 Å². The van der Waals surface area contributed by atoms with Crippen LogP contribution < -0.4 is 10.6 Å². The number of amides is 1. The Balaban J connectivity index is 1.35. The minimum Gasteiger partial charge on any atom is -0.354 e. The molecule has 0 saturated carbocycles. The first-order valence-electron chi connectivity index (χ1n) is 12.4. The van der Waals surface area contributed by atoms with E-state index in [2.05, 4.69) is 39.5 Å². The minimum absolute atomic E-state index is 0.0485. The highest BCUT2D eigenvalue weighted by Gasteiger charge is 2.37. The Kier molecular flexibility index (Phi) is 8.48. The highest BCUT2D eigenvalue weighted by atomic mass is 19.1. The van der Waals surface area contributed by atoms with Crippen molar-refractivity contribution in [2.45, 2.75) is 57.3 Å². The minimum atomic E-state index is -0.211. The quantitative estimate of drug-likeness (QED) is 0.614. The van der Waals surface area contributed by atoms with E-state index in [-0.39, 0.29) is 17.8 Å². The van der Waals surface area contributed by atoms with E-state index >= 15 is 0 Å². The van der Waals surface area contributed by atoms with Crippen LogP contribution in [0.1, 0.15) is 37.3 Å². The monoisotopic (exact) mass is 452 g/mol. The number of nitrogens with one attached hydrogen (secondary N) is 2. The molecule has 2 heterocycles. The van der Waals surface area contributed by atoms with Crippen molar-refractivity contribution in [3.8, 4) is 0 Å². The molecule has 2 fully saturated rings. The van der Waals surface area contributed by atoms with E-state index in [1.807, 2.05) is 24.3 Å². The van der Waals surface area contributed by atoms with E-state index in [1.54, 1.807) is 12.1 Å². The van der Waals surface area contributed by atoms with Gasteiger partial charge >= 0.3 is 0 Å². The summed E-state index contributed by atoms with van der Waals surface area (Å²) in [5.74, 6) is -0.163. The van der Waals surface area contributed by atoms with Crippen LogP contribution in [0.15, 0.2) is 54.6 Å². The number of carbonyl (C=O) groups excluding carboxylic acids is 1. The maximum absolute atomic E-state index is 13.9. The molecule has 178 valence electrons. The first-order valence-corrected chi connectivity index (χ1v) is 12.4. The van der Waals surface area contributed by atoms with Crippen LogP contribution in [0, 0.1) is 5.82 Å². The molecule has 0 bridgehead atoms. The van der Waals surface area contributed by atoms with Crippen LogP contribution in [-0.2, 0) is 17.8 Å². The zero-order valence-corrected chi connectivity index (χ0v) is 19.7. The number of carbonyl (C=O) groups is 1. The molecule has 5 nitrogen and oxygen atoms in total. The molecule has 2 aromatic rings. The van der Waals surface area contributed by atoms with Gasteiger partial charge in [0.2, 0.25) is 5.91 Å². The summed E-state index contributed by atoms with van der Waals surface area (Å²) in [5.41, 5.74) is 1.86. The Labute approximate surface area is 197 Å². The van der Waals surface area contributed by atoms with Crippen molar-refractivity contribution in [2.75, 3.05) is 32.7 Å². The molecule has 0 unspecified atom stereocenters. The number of hydrogen-bond acceptors (Lipinski definition) is 4. The van der Waals surface area contributed by atoms with Crippen LogP contribution in [0.4, 0.5) is 4.39 Å². The topological polar surface area (TPSA) is 47.6 Å². The summed E-state index contributed by atoms with van der Waals surface area (Å²) in [6.07, 6.45) is 3.65. The first-order chi connectivity index (χ1) is 16.1. The Morgan fingerprint density at radius 3 is 2.48 bits per heavy atom. The number of nitrogens with zero attached hydrogens (tertiary/aromatic N) is 2. The Morgan fingerprint density at radius 2 is 1.76 bits per heavy atom. The predicted octanol–water partition coefficient (Wildman–Crippen LogP) is 3.20. The SMILES string of the molecule is CCN1CCC(N[C@H]2C[C@@H](C(=O)NCCc3ccccc3F)N(Cc3ccccc3)C2)CC1. The summed E-state index contributed by atoms with van der Waals surface area (Å²) in [7, 11) is 0. The number of piperidine rings is 1. The normalized spacial score (nSPS) is 22.5. The van der Waals surface area contributed by atoms with Gasteiger partial charge in [-0.2, -0.15) is 0 Å². The van der Waals surface area contributed by atoms with Gasteiger partial charge in [-0.15, -0.1) is 0 Å². The van der Waals surface area contributed by atoms with E-state index < -0.39 is 0 Å². The van der Waals surface area contributed by atoms with Gasteiger partial charge in [-0.25, -0.2) is 4.39 Å². The van der Waals surface area contributed by atoms with E-state index in [4.69, 9.17) is 0 Å². The third kappa shape index (κ3) is 6.62. The maximum Gasteiger partial charge on any atom is 0.237 e. The molecule has 2 atom stereocenters. The average Bonchev–Trinajstić information content (AvgIpc) is 3.23. The smallest absolute Gasteiger partial charge is 0.237 e. The molecule has 0 spiro atoms. The second-order valence-electron chi connectivity index (χ2n) is 9.37. The van der Waals surface area contributed by atoms with Crippen molar-refractivity contribution in [3.63, 3.8) is 0 Å². The van der Waals surface area contributed by atoms with E-state index in [0.717, 1.165) is 39.1 Å². The molecular formula is C27H37FN4O.